The Balaban J connectivity index is 1.52. The van der Waals surface area contributed by atoms with E-state index in [4.69, 9.17) is 9.47 Å². The number of benzene rings is 1. The number of hydrogen-bond donors (Lipinski definition) is 1. The normalized spacial score (nSPS) is 11.1. The maximum Gasteiger partial charge on any atom is 0.258 e. The van der Waals surface area contributed by atoms with Crippen molar-refractivity contribution in [1.29, 1.82) is 0 Å². The largest absolute Gasteiger partial charge is 0.493 e. The van der Waals surface area contributed by atoms with Crippen LogP contribution < -0.4 is 15.0 Å². The molecule has 1 N–H and O–H groups in total. The molecule has 0 unspecified atom stereocenters. The van der Waals surface area contributed by atoms with E-state index >= 15 is 0 Å². The van der Waals surface area contributed by atoms with Crippen LogP contribution in [0.4, 0.5) is 0 Å². The summed E-state index contributed by atoms with van der Waals surface area (Å²) in [5, 5.41) is 4.07. The second-order valence-corrected chi connectivity index (χ2v) is 8.61. The molecule has 0 atom stereocenters. The maximum atomic E-state index is 12.9. The Morgan fingerprint density at radius 3 is 2.72 bits per heavy atom. The van der Waals surface area contributed by atoms with Crippen molar-refractivity contribution in [2.45, 2.75) is 18.5 Å². The summed E-state index contributed by atoms with van der Waals surface area (Å²) in [6.07, 6.45) is 1.51. The van der Waals surface area contributed by atoms with E-state index in [1.165, 1.54) is 43.6 Å². The van der Waals surface area contributed by atoms with Gasteiger partial charge >= 0.3 is 0 Å². The summed E-state index contributed by atoms with van der Waals surface area (Å²) in [5.41, 5.74) is 0.171. The van der Waals surface area contributed by atoms with Crippen LogP contribution in [0.3, 0.4) is 0 Å². The number of hydrogen-bond acceptors (Lipinski definition) is 9. The Morgan fingerprint density at radius 1 is 1.19 bits per heavy atom. The summed E-state index contributed by atoms with van der Waals surface area (Å²) >= 11 is 2.91. The molecule has 0 aliphatic rings. The number of thiophene rings is 1. The highest BCUT2D eigenvalue weighted by atomic mass is 32.2. The predicted octanol–water partition coefficient (Wildman–Crippen LogP) is 3.09. The molecule has 0 spiro atoms. The molecule has 0 aliphatic carbocycles. The summed E-state index contributed by atoms with van der Waals surface area (Å²) in [7, 11) is 3.03. The molecule has 0 saturated heterocycles. The van der Waals surface area contributed by atoms with Crippen LogP contribution in [0.2, 0.25) is 0 Å². The van der Waals surface area contributed by atoms with Gasteiger partial charge in [-0.05, 0) is 24.4 Å². The highest BCUT2D eigenvalue weighted by Crippen LogP contribution is 2.30. The van der Waals surface area contributed by atoms with Crippen LogP contribution in [-0.2, 0) is 11.3 Å². The fraction of sp³-hybridized carbons (Fsp3) is 0.286. The lowest BCUT2D eigenvalue weighted by atomic mass is 10.2. The molecule has 32 heavy (non-hydrogen) atoms. The third-order valence-corrected chi connectivity index (χ3v) is 6.70. The lowest BCUT2D eigenvalue weighted by molar-refractivity contribution is -0.128. The standard InChI is InChI=1S/C21H21N5O4S2/c1-4-26(18(27)10-32-21-12-5-6-31-20(12)22-11-23-21)9-17-24-14-8-16(30-3)15(29-2)7-13(14)19(28)25-17/h5-8,11H,4,9-10H2,1-3H3,(H,24,25,28). The molecule has 3 aromatic heterocycles. The number of carbonyl (C=O) groups excluding carboxylic acids is 1. The van der Waals surface area contributed by atoms with Crippen LogP contribution in [-0.4, -0.2) is 57.3 Å². The van der Waals surface area contributed by atoms with E-state index in [1.54, 1.807) is 17.0 Å². The third-order valence-electron chi connectivity index (χ3n) is 4.89. The molecule has 0 bridgehead atoms. The summed E-state index contributed by atoms with van der Waals surface area (Å²) in [6.45, 7) is 2.55. The van der Waals surface area contributed by atoms with Crippen molar-refractivity contribution in [3.8, 4) is 11.5 Å². The Hall–Kier alpha value is -3.18. The molecule has 1 amide bonds. The molecule has 0 radical (unpaired) electrons. The number of amides is 1. The first-order valence-corrected chi connectivity index (χ1v) is 11.6. The molecule has 3 heterocycles. The van der Waals surface area contributed by atoms with Crippen molar-refractivity contribution < 1.29 is 14.3 Å². The van der Waals surface area contributed by atoms with E-state index in [1.807, 2.05) is 18.4 Å². The molecule has 4 rings (SSSR count). The van der Waals surface area contributed by atoms with Gasteiger partial charge in [0, 0.05) is 18.0 Å². The summed E-state index contributed by atoms with van der Waals surface area (Å²) in [6, 6.07) is 5.20. The van der Waals surface area contributed by atoms with Gasteiger partial charge in [-0.1, -0.05) is 11.8 Å². The molecular weight excluding hydrogens is 450 g/mol. The fourth-order valence-electron chi connectivity index (χ4n) is 3.25. The zero-order valence-corrected chi connectivity index (χ0v) is 19.4. The van der Waals surface area contributed by atoms with Crippen molar-refractivity contribution in [3.05, 3.63) is 46.1 Å². The highest BCUT2D eigenvalue weighted by molar-refractivity contribution is 8.00. The van der Waals surface area contributed by atoms with Gasteiger partial charge in [-0.2, -0.15) is 0 Å². The zero-order valence-electron chi connectivity index (χ0n) is 17.7. The topological polar surface area (TPSA) is 110 Å². The molecule has 1 aromatic carbocycles. The van der Waals surface area contributed by atoms with Crippen molar-refractivity contribution in [2.75, 3.05) is 26.5 Å². The first-order chi connectivity index (χ1) is 15.5. The van der Waals surface area contributed by atoms with E-state index < -0.39 is 0 Å². The number of H-pyrrole nitrogens is 1. The van der Waals surface area contributed by atoms with Gasteiger partial charge in [-0.3, -0.25) is 9.59 Å². The number of thioether (sulfide) groups is 1. The molecule has 0 aliphatic heterocycles. The molecule has 11 heteroatoms. The second-order valence-electron chi connectivity index (χ2n) is 6.75. The monoisotopic (exact) mass is 471 g/mol. The zero-order chi connectivity index (χ0) is 22.7. The maximum absolute atomic E-state index is 12.9. The first-order valence-electron chi connectivity index (χ1n) is 9.77. The SMILES string of the molecule is CCN(Cc1nc2cc(OC)c(OC)cc2c(=O)[nH]1)C(=O)CSc1ncnc2sccc12. The van der Waals surface area contributed by atoms with Gasteiger partial charge in [0.2, 0.25) is 5.91 Å². The summed E-state index contributed by atoms with van der Waals surface area (Å²) < 4.78 is 10.6. The molecule has 0 saturated carbocycles. The lowest BCUT2D eigenvalue weighted by Crippen LogP contribution is -2.33. The highest BCUT2D eigenvalue weighted by Gasteiger charge is 2.17. The average Bonchev–Trinajstić information content (AvgIpc) is 3.29. The number of nitrogens with one attached hydrogen (secondary N) is 1. The minimum atomic E-state index is -0.301. The predicted molar refractivity (Wildman–Crippen MR) is 125 cm³/mol. The lowest BCUT2D eigenvalue weighted by Gasteiger charge is -2.20. The number of ether oxygens (including phenoxy) is 2. The Morgan fingerprint density at radius 2 is 1.97 bits per heavy atom. The van der Waals surface area contributed by atoms with Crippen molar-refractivity contribution in [3.63, 3.8) is 0 Å². The number of aromatic amines is 1. The van der Waals surface area contributed by atoms with Gasteiger partial charge in [0.25, 0.3) is 5.56 Å². The summed E-state index contributed by atoms with van der Waals surface area (Å²) in [4.78, 5) is 43.8. The van der Waals surface area contributed by atoms with Crippen LogP contribution in [0, 0.1) is 0 Å². The van der Waals surface area contributed by atoms with Crippen LogP contribution in [0.15, 0.2) is 39.7 Å². The van der Waals surface area contributed by atoms with E-state index in [2.05, 4.69) is 19.9 Å². The van der Waals surface area contributed by atoms with Crippen LogP contribution in [0.1, 0.15) is 12.7 Å². The molecule has 4 aromatic rings. The third kappa shape index (κ3) is 4.39. The molecular formula is C21H21N5O4S2. The van der Waals surface area contributed by atoms with Gasteiger partial charge in [-0.25, -0.2) is 15.0 Å². The number of rotatable bonds is 8. The number of fused-ring (bicyclic) bond motifs is 2. The van der Waals surface area contributed by atoms with Crippen molar-refractivity contribution >= 4 is 50.1 Å². The average molecular weight is 472 g/mol. The number of aromatic nitrogens is 4. The van der Waals surface area contributed by atoms with Crippen molar-refractivity contribution in [1.82, 2.24) is 24.8 Å². The molecule has 0 fully saturated rings. The minimum absolute atomic E-state index is 0.0745. The summed E-state index contributed by atoms with van der Waals surface area (Å²) in [5.74, 6) is 1.48. The Kier molecular flexibility index (Phi) is 6.56. The number of methoxy groups -OCH3 is 2. The number of nitrogens with zero attached hydrogens (tertiary/aromatic N) is 4. The van der Waals surface area contributed by atoms with Gasteiger partial charge in [0.05, 0.1) is 37.4 Å². The Bertz CT molecular complexity index is 1340. The Labute approximate surface area is 191 Å². The van der Waals surface area contributed by atoms with Crippen molar-refractivity contribution in [2.24, 2.45) is 0 Å². The number of carbonyl (C=O) groups is 1. The van der Waals surface area contributed by atoms with Gasteiger partial charge < -0.3 is 19.4 Å². The molecule has 166 valence electrons. The second kappa shape index (κ2) is 9.53. The smallest absolute Gasteiger partial charge is 0.258 e. The van der Waals surface area contributed by atoms with E-state index in [0.717, 1.165) is 15.2 Å². The van der Waals surface area contributed by atoms with E-state index in [9.17, 15) is 9.59 Å². The van der Waals surface area contributed by atoms with E-state index in [0.29, 0.717) is 34.8 Å². The quantitative estimate of drug-likeness (QED) is 0.308. The van der Waals surface area contributed by atoms with Crippen LogP contribution in [0.25, 0.3) is 21.1 Å². The molecule has 9 nitrogen and oxygen atoms in total. The fourth-order valence-corrected chi connectivity index (χ4v) is 4.93. The van der Waals surface area contributed by atoms with E-state index in [-0.39, 0.29) is 23.8 Å². The van der Waals surface area contributed by atoms with Gasteiger partial charge in [0.15, 0.2) is 11.5 Å². The van der Waals surface area contributed by atoms with Crippen LogP contribution >= 0.6 is 23.1 Å². The van der Waals surface area contributed by atoms with Gasteiger partial charge in [-0.15, -0.1) is 11.3 Å². The first kappa shape index (κ1) is 22.0. The minimum Gasteiger partial charge on any atom is -0.493 e. The van der Waals surface area contributed by atoms with Gasteiger partial charge in [0.1, 0.15) is 22.0 Å². The van der Waals surface area contributed by atoms with Crippen LogP contribution in [0.5, 0.6) is 11.5 Å².